The van der Waals surface area contributed by atoms with E-state index in [2.05, 4.69) is 37.7 Å². The Bertz CT molecular complexity index is 305. The summed E-state index contributed by atoms with van der Waals surface area (Å²) in [6.45, 7) is 7.69. The fraction of sp³-hybridized carbons (Fsp3) is 1.00. The summed E-state index contributed by atoms with van der Waals surface area (Å²) in [5.74, 6) is -0.435. The summed E-state index contributed by atoms with van der Waals surface area (Å²) in [5.41, 5.74) is 0. The minimum atomic E-state index is -0.435. The molecule has 2 rings (SSSR count). The lowest BCUT2D eigenvalue weighted by molar-refractivity contribution is -0.207. The molecule has 3 unspecified atom stereocenters. The number of hydrogen-bond acceptors (Lipinski definition) is 5. The van der Waals surface area contributed by atoms with Crippen LogP contribution in [0.2, 0.25) is 0 Å². The second-order valence-electron chi connectivity index (χ2n) is 6.43. The summed E-state index contributed by atoms with van der Waals surface area (Å²) < 4.78 is 11.7. The molecular formula is C15H30N2O3. The Hall–Kier alpha value is -0.200. The summed E-state index contributed by atoms with van der Waals surface area (Å²) >= 11 is 0. The molecule has 0 aromatic carbocycles. The van der Waals surface area contributed by atoms with Crippen LogP contribution < -0.4 is 0 Å². The standard InChI is InChI=1S/C15H30N2O3/c1-5-17(12(2)11-16(3)4)13-10-15(7-6-14(13)18)19-8-9-20-15/h12-14,18H,5-11H2,1-4H3. The zero-order chi connectivity index (χ0) is 14.8. The Morgan fingerprint density at radius 2 is 1.95 bits per heavy atom. The largest absolute Gasteiger partial charge is 0.391 e. The molecule has 1 N–H and O–H groups in total. The van der Waals surface area contributed by atoms with Crippen molar-refractivity contribution >= 4 is 0 Å². The Labute approximate surface area is 122 Å². The molecule has 0 amide bonds. The van der Waals surface area contributed by atoms with E-state index in [1.807, 2.05) is 0 Å². The summed E-state index contributed by atoms with van der Waals surface area (Å²) in [6, 6.07) is 0.535. The minimum Gasteiger partial charge on any atom is -0.391 e. The second kappa shape index (κ2) is 6.71. The lowest BCUT2D eigenvalue weighted by Gasteiger charge is -2.46. The van der Waals surface area contributed by atoms with E-state index in [4.69, 9.17) is 9.47 Å². The highest BCUT2D eigenvalue weighted by Crippen LogP contribution is 2.38. The molecule has 0 aromatic heterocycles. The van der Waals surface area contributed by atoms with Gasteiger partial charge in [-0.1, -0.05) is 6.92 Å². The smallest absolute Gasteiger partial charge is 0.170 e. The summed E-state index contributed by atoms with van der Waals surface area (Å²) in [6.07, 6.45) is 2.07. The maximum Gasteiger partial charge on any atom is 0.170 e. The van der Waals surface area contributed by atoms with Crippen LogP contribution in [0.1, 0.15) is 33.1 Å². The highest BCUT2D eigenvalue weighted by molar-refractivity contribution is 4.94. The normalized spacial score (nSPS) is 31.4. The fourth-order valence-electron chi connectivity index (χ4n) is 3.72. The Kier molecular flexibility index (Phi) is 5.42. The zero-order valence-corrected chi connectivity index (χ0v) is 13.3. The van der Waals surface area contributed by atoms with Crippen molar-refractivity contribution in [3.05, 3.63) is 0 Å². The van der Waals surface area contributed by atoms with Crippen molar-refractivity contribution in [1.82, 2.24) is 9.80 Å². The lowest BCUT2D eigenvalue weighted by Crippen LogP contribution is -2.57. The molecular weight excluding hydrogens is 256 g/mol. The van der Waals surface area contributed by atoms with Crippen molar-refractivity contribution < 1.29 is 14.6 Å². The quantitative estimate of drug-likeness (QED) is 0.814. The number of likely N-dealkylation sites (N-methyl/N-ethyl adjacent to an activating group) is 2. The van der Waals surface area contributed by atoms with Gasteiger partial charge in [-0.25, -0.2) is 0 Å². The van der Waals surface area contributed by atoms with E-state index in [1.54, 1.807) is 0 Å². The maximum atomic E-state index is 10.4. The molecule has 0 radical (unpaired) electrons. The molecule has 0 aromatic rings. The predicted molar refractivity (Wildman–Crippen MR) is 78.7 cm³/mol. The molecule has 1 aliphatic heterocycles. The molecule has 2 fully saturated rings. The Morgan fingerprint density at radius 1 is 1.30 bits per heavy atom. The molecule has 1 saturated heterocycles. The predicted octanol–water partition coefficient (Wildman–Crippen LogP) is 0.915. The van der Waals surface area contributed by atoms with Gasteiger partial charge < -0.3 is 19.5 Å². The third kappa shape index (κ3) is 3.52. The van der Waals surface area contributed by atoms with E-state index < -0.39 is 5.79 Å². The number of aliphatic hydroxyl groups is 1. The first kappa shape index (κ1) is 16.2. The maximum absolute atomic E-state index is 10.4. The van der Waals surface area contributed by atoms with Gasteiger partial charge in [0.05, 0.1) is 19.3 Å². The van der Waals surface area contributed by atoms with Gasteiger partial charge in [0.1, 0.15) is 0 Å². The van der Waals surface area contributed by atoms with Gasteiger partial charge in [-0.3, -0.25) is 4.90 Å². The first-order valence-electron chi connectivity index (χ1n) is 7.84. The van der Waals surface area contributed by atoms with Crippen LogP contribution in [0, 0.1) is 0 Å². The second-order valence-corrected chi connectivity index (χ2v) is 6.43. The van der Waals surface area contributed by atoms with E-state index in [-0.39, 0.29) is 12.1 Å². The molecule has 1 spiro atoms. The average molecular weight is 286 g/mol. The van der Waals surface area contributed by atoms with Gasteiger partial charge in [-0.05, 0) is 34.0 Å². The molecule has 20 heavy (non-hydrogen) atoms. The first-order chi connectivity index (χ1) is 9.47. The molecule has 2 aliphatic rings. The number of nitrogens with zero attached hydrogens (tertiary/aromatic N) is 2. The van der Waals surface area contributed by atoms with Crippen molar-refractivity contribution in [3.8, 4) is 0 Å². The molecule has 5 nitrogen and oxygen atoms in total. The van der Waals surface area contributed by atoms with E-state index in [0.717, 1.165) is 32.4 Å². The average Bonchev–Trinajstić information content (AvgIpc) is 2.82. The summed E-state index contributed by atoms with van der Waals surface area (Å²) in [5, 5.41) is 10.4. The van der Waals surface area contributed by atoms with Gasteiger partial charge in [-0.2, -0.15) is 0 Å². The Morgan fingerprint density at radius 3 is 2.50 bits per heavy atom. The van der Waals surface area contributed by atoms with E-state index in [9.17, 15) is 5.11 Å². The monoisotopic (exact) mass is 286 g/mol. The summed E-state index contributed by atoms with van der Waals surface area (Å²) in [4.78, 5) is 4.59. The first-order valence-corrected chi connectivity index (χ1v) is 7.84. The lowest BCUT2D eigenvalue weighted by atomic mass is 9.85. The zero-order valence-electron chi connectivity index (χ0n) is 13.3. The molecule has 1 saturated carbocycles. The van der Waals surface area contributed by atoms with Crippen LogP contribution in [0.5, 0.6) is 0 Å². The van der Waals surface area contributed by atoms with Gasteiger partial charge >= 0.3 is 0 Å². The van der Waals surface area contributed by atoms with E-state index >= 15 is 0 Å². The third-order valence-electron chi connectivity index (χ3n) is 4.59. The highest BCUT2D eigenvalue weighted by Gasteiger charge is 2.46. The van der Waals surface area contributed by atoms with Crippen LogP contribution in [0.4, 0.5) is 0 Å². The number of hydrogen-bond donors (Lipinski definition) is 1. The van der Waals surface area contributed by atoms with Gasteiger partial charge in [0.15, 0.2) is 5.79 Å². The SMILES string of the molecule is CCN(C(C)CN(C)C)C1CC2(CCC1O)OCCO2. The fourth-order valence-corrected chi connectivity index (χ4v) is 3.72. The van der Waals surface area contributed by atoms with E-state index in [0.29, 0.717) is 19.3 Å². The molecule has 1 aliphatic carbocycles. The minimum absolute atomic E-state index is 0.127. The number of ether oxygens (including phenoxy) is 2. The topological polar surface area (TPSA) is 45.2 Å². The van der Waals surface area contributed by atoms with Crippen molar-refractivity contribution in [2.24, 2.45) is 0 Å². The molecule has 118 valence electrons. The van der Waals surface area contributed by atoms with Crippen LogP contribution in [-0.4, -0.2) is 79.3 Å². The van der Waals surface area contributed by atoms with Gasteiger partial charge in [0.25, 0.3) is 0 Å². The van der Waals surface area contributed by atoms with Gasteiger partial charge in [-0.15, -0.1) is 0 Å². The van der Waals surface area contributed by atoms with Crippen molar-refractivity contribution in [3.63, 3.8) is 0 Å². The molecule has 1 heterocycles. The molecule has 3 atom stereocenters. The Balaban J connectivity index is 2.06. The van der Waals surface area contributed by atoms with Crippen LogP contribution in [0.15, 0.2) is 0 Å². The van der Waals surface area contributed by atoms with Crippen LogP contribution in [0.25, 0.3) is 0 Å². The van der Waals surface area contributed by atoms with Crippen molar-refractivity contribution in [2.75, 3.05) is 40.4 Å². The van der Waals surface area contributed by atoms with E-state index in [1.165, 1.54) is 0 Å². The van der Waals surface area contributed by atoms with Crippen molar-refractivity contribution in [1.29, 1.82) is 0 Å². The highest BCUT2D eigenvalue weighted by atomic mass is 16.7. The van der Waals surface area contributed by atoms with Crippen LogP contribution in [-0.2, 0) is 9.47 Å². The molecule has 0 bridgehead atoms. The van der Waals surface area contributed by atoms with Gasteiger partial charge in [0, 0.05) is 31.5 Å². The number of aliphatic hydroxyl groups excluding tert-OH is 1. The van der Waals surface area contributed by atoms with Crippen LogP contribution >= 0.6 is 0 Å². The van der Waals surface area contributed by atoms with Crippen molar-refractivity contribution in [2.45, 2.75) is 57.1 Å². The number of rotatable bonds is 5. The third-order valence-corrected chi connectivity index (χ3v) is 4.59. The van der Waals surface area contributed by atoms with Gasteiger partial charge in [0.2, 0.25) is 0 Å². The summed E-state index contributed by atoms with van der Waals surface area (Å²) in [7, 11) is 4.18. The van der Waals surface area contributed by atoms with Crippen LogP contribution in [0.3, 0.4) is 0 Å². The molecule has 5 heteroatoms.